The third kappa shape index (κ3) is 7.88. The van der Waals surface area contributed by atoms with Crippen LogP contribution in [0.2, 0.25) is 0 Å². The Morgan fingerprint density at radius 2 is 1.26 bits per heavy atom. The zero-order valence-electron chi connectivity index (χ0n) is 17.3. The van der Waals surface area contributed by atoms with Crippen molar-refractivity contribution in [1.82, 2.24) is 25.3 Å². The van der Waals surface area contributed by atoms with E-state index in [9.17, 15) is 0 Å². The van der Waals surface area contributed by atoms with Gasteiger partial charge in [0.25, 0.3) is 0 Å². The van der Waals surface area contributed by atoms with Crippen molar-refractivity contribution in [2.45, 2.75) is 32.4 Å². The van der Waals surface area contributed by atoms with Gasteiger partial charge in [0.2, 0.25) is 0 Å². The SMILES string of the molecule is CN1CCN(CCCNCc2ccc(CNCCN3CCCC3)cc2)CC1. The molecule has 5 nitrogen and oxygen atoms in total. The van der Waals surface area contributed by atoms with Crippen molar-refractivity contribution in [3.8, 4) is 0 Å². The van der Waals surface area contributed by atoms with Crippen LogP contribution in [-0.4, -0.2) is 87.2 Å². The van der Waals surface area contributed by atoms with Crippen LogP contribution in [0, 0.1) is 0 Å². The molecule has 0 atom stereocenters. The molecule has 2 N–H and O–H groups in total. The van der Waals surface area contributed by atoms with E-state index in [0.29, 0.717) is 0 Å². The molecule has 2 aliphatic heterocycles. The second-order valence-electron chi connectivity index (χ2n) is 8.22. The fraction of sp³-hybridized carbons (Fsp3) is 0.727. The van der Waals surface area contributed by atoms with Crippen molar-refractivity contribution < 1.29 is 0 Å². The van der Waals surface area contributed by atoms with Crippen LogP contribution in [0.15, 0.2) is 24.3 Å². The molecule has 152 valence electrons. The van der Waals surface area contributed by atoms with E-state index in [-0.39, 0.29) is 0 Å². The van der Waals surface area contributed by atoms with Crippen LogP contribution in [0.4, 0.5) is 0 Å². The molecule has 1 aromatic rings. The summed E-state index contributed by atoms with van der Waals surface area (Å²) >= 11 is 0. The highest BCUT2D eigenvalue weighted by Gasteiger charge is 2.12. The maximum Gasteiger partial charge on any atom is 0.0206 e. The lowest BCUT2D eigenvalue weighted by Gasteiger charge is -2.32. The number of hydrogen-bond donors (Lipinski definition) is 2. The van der Waals surface area contributed by atoms with Gasteiger partial charge in [-0.2, -0.15) is 0 Å². The normalized spacial score (nSPS) is 19.7. The van der Waals surface area contributed by atoms with Crippen LogP contribution in [0.3, 0.4) is 0 Å². The van der Waals surface area contributed by atoms with E-state index in [0.717, 1.165) is 26.2 Å². The van der Waals surface area contributed by atoms with Crippen LogP contribution in [0.1, 0.15) is 30.4 Å². The zero-order valence-corrected chi connectivity index (χ0v) is 17.3. The maximum absolute atomic E-state index is 3.59. The molecule has 2 fully saturated rings. The molecule has 2 saturated heterocycles. The second-order valence-corrected chi connectivity index (χ2v) is 8.22. The number of nitrogens with zero attached hydrogens (tertiary/aromatic N) is 3. The smallest absolute Gasteiger partial charge is 0.0206 e. The van der Waals surface area contributed by atoms with Crippen molar-refractivity contribution in [2.24, 2.45) is 0 Å². The Morgan fingerprint density at radius 1 is 0.704 bits per heavy atom. The monoisotopic (exact) mass is 373 g/mol. The molecular weight excluding hydrogens is 334 g/mol. The molecule has 0 saturated carbocycles. The number of benzene rings is 1. The number of rotatable bonds is 11. The summed E-state index contributed by atoms with van der Waals surface area (Å²) in [6.45, 7) is 14.0. The summed E-state index contributed by atoms with van der Waals surface area (Å²) in [6, 6.07) is 9.07. The molecule has 0 amide bonds. The lowest BCUT2D eigenvalue weighted by Crippen LogP contribution is -2.45. The van der Waals surface area contributed by atoms with Crippen molar-refractivity contribution in [3.63, 3.8) is 0 Å². The number of piperazine rings is 1. The molecule has 1 aromatic carbocycles. The lowest BCUT2D eigenvalue weighted by molar-refractivity contribution is 0.153. The van der Waals surface area contributed by atoms with E-state index in [1.807, 2.05) is 0 Å². The summed E-state index contributed by atoms with van der Waals surface area (Å²) in [6.07, 6.45) is 4.00. The largest absolute Gasteiger partial charge is 0.313 e. The molecule has 5 heteroatoms. The average Bonchev–Trinajstić information content (AvgIpc) is 3.21. The Hall–Kier alpha value is -0.980. The Morgan fingerprint density at radius 3 is 1.89 bits per heavy atom. The predicted octanol–water partition coefficient (Wildman–Crippen LogP) is 1.60. The predicted molar refractivity (Wildman–Crippen MR) is 114 cm³/mol. The summed E-state index contributed by atoms with van der Waals surface area (Å²) in [4.78, 5) is 7.57. The molecule has 0 spiro atoms. The van der Waals surface area contributed by atoms with Gasteiger partial charge in [0, 0.05) is 52.4 Å². The molecule has 0 aromatic heterocycles. The zero-order chi connectivity index (χ0) is 18.7. The van der Waals surface area contributed by atoms with Crippen LogP contribution in [0.25, 0.3) is 0 Å². The van der Waals surface area contributed by atoms with E-state index >= 15 is 0 Å². The minimum absolute atomic E-state index is 0.978. The molecule has 0 radical (unpaired) electrons. The number of hydrogen-bond acceptors (Lipinski definition) is 5. The van der Waals surface area contributed by atoms with Gasteiger partial charge in [0.1, 0.15) is 0 Å². The van der Waals surface area contributed by atoms with Gasteiger partial charge in [-0.3, -0.25) is 0 Å². The first-order valence-corrected chi connectivity index (χ1v) is 10.9. The Kier molecular flexibility index (Phi) is 9.04. The second kappa shape index (κ2) is 11.8. The van der Waals surface area contributed by atoms with Gasteiger partial charge in [0.05, 0.1) is 0 Å². The molecule has 2 aliphatic rings. The average molecular weight is 374 g/mol. The Bertz CT molecular complexity index is 504. The fourth-order valence-electron chi connectivity index (χ4n) is 3.98. The van der Waals surface area contributed by atoms with Crippen molar-refractivity contribution in [2.75, 3.05) is 72.5 Å². The van der Waals surface area contributed by atoms with Gasteiger partial charge >= 0.3 is 0 Å². The molecule has 3 rings (SSSR count). The minimum atomic E-state index is 0.978. The van der Waals surface area contributed by atoms with E-state index in [2.05, 4.69) is 56.6 Å². The molecule has 0 unspecified atom stereocenters. The van der Waals surface area contributed by atoms with Gasteiger partial charge in [0.15, 0.2) is 0 Å². The van der Waals surface area contributed by atoms with Crippen molar-refractivity contribution in [1.29, 1.82) is 0 Å². The van der Waals surface area contributed by atoms with Crippen molar-refractivity contribution in [3.05, 3.63) is 35.4 Å². The summed E-state index contributed by atoms with van der Waals surface area (Å²) < 4.78 is 0. The topological polar surface area (TPSA) is 33.8 Å². The summed E-state index contributed by atoms with van der Waals surface area (Å²) in [5.41, 5.74) is 2.77. The van der Waals surface area contributed by atoms with Gasteiger partial charge in [-0.25, -0.2) is 0 Å². The van der Waals surface area contributed by atoms with Crippen LogP contribution >= 0.6 is 0 Å². The summed E-state index contributed by atoms with van der Waals surface area (Å²) in [5, 5.41) is 7.17. The first kappa shape index (κ1) is 20.7. The van der Waals surface area contributed by atoms with Crippen molar-refractivity contribution >= 4 is 0 Å². The van der Waals surface area contributed by atoms with Gasteiger partial charge in [-0.15, -0.1) is 0 Å². The third-order valence-corrected chi connectivity index (χ3v) is 5.91. The molecule has 27 heavy (non-hydrogen) atoms. The molecular formula is C22H39N5. The fourth-order valence-corrected chi connectivity index (χ4v) is 3.98. The molecule has 0 aliphatic carbocycles. The quantitative estimate of drug-likeness (QED) is 0.576. The number of nitrogens with one attached hydrogen (secondary N) is 2. The van der Waals surface area contributed by atoms with Gasteiger partial charge in [-0.1, -0.05) is 24.3 Å². The number of likely N-dealkylation sites (tertiary alicyclic amines) is 1. The van der Waals surface area contributed by atoms with Crippen LogP contribution in [0.5, 0.6) is 0 Å². The maximum atomic E-state index is 3.59. The summed E-state index contributed by atoms with van der Waals surface area (Å²) in [5.74, 6) is 0. The Balaban J connectivity index is 1.21. The summed E-state index contributed by atoms with van der Waals surface area (Å²) in [7, 11) is 2.22. The highest BCUT2D eigenvalue weighted by atomic mass is 15.2. The van der Waals surface area contributed by atoms with E-state index < -0.39 is 0 Å². The molecule has 2 heterocycles. The highest BCUT2D eigenvalue weighted by Crippen LogP contribution is 2.07. The van der Waals surface area contributed by atoms with E-state index in [1.165, 1.54) is 82.7 Å². The first-order valence-electron chi connectivity index (χ1n) is 10.9. The first-order chi connectivity index (χ1) is 13.3. The van der Waals surface area contributed by atoms with E-state index in [4.69, 9.17) is 0 Å². The lowest BCUT2D eigenvalue weighted by atomic mass is 10.1. The van der Waals surface area contributed by atoms with Crippen LogP contribution < -0.4 is 10.6 Å². The standard InChI is InChI=1S/C22H39N5/c1-25-15-17-27(18-16-25)13-4-9-23-19-21-5-7-22(8-6-21)20-24-10-14-26-11-2-3-12-26/h5-8,23-24H,2-4,9-20H2,1H3. The van der Waals surface area contributed by atoms with Gasteiger partial charge < -0.3 is 25.3 Å². The van der Waals surface area contributed by atoms with Gasteiger partial charge in [-0.05, 0) is 63.6 Å². The minimum Gasteiger partial charge on any atom is -0.313 e. The highest BCUT2D eigenvalue weighted by molar-refractivity contribution is 5.22. The Labute approximate surface area is 166 Å². The molecule has 0 bridgehead atoms. The van der Waals surface area contributed by atoms with E-state index in [1.54, 1.807) is 0 Å². The number of likely N-dealkylation sites (N-methyl/N-ethyl adjacent to an activating group) is 1. The van der Waals surface area contributed by atoms with Crippen LogP contribution in [-0.2, 0) is 13.1 Å². The third-order valence-electron chi connectivity index (χ3n) is 5.91.